The fraction of sp³-hybridized carbons (Fsp3) is 0.0500. The van der Waals surface area contributed by atoms with E-state index in [9.17, 15) is 9.59 Å². The van der Waals surface area contributed by atoms with Crippen molar-refractivity contribution in [3.05, 3.63) is 76.4 Å². The molecular weight excluding hydrogens is 330 g/mol. The maximum absolute atomic E-state index is 11.3. The van der Waals surface area contributed by atoms with Gasteiger partial charge in [-0.05, 0) is 37.3 Å². The predicted octanol–water partition coefficient (Wildman–Crippen LogP) is 4.07. The van der Waals surface area contributed by atoms with Crippen LogP contribution >= 0.6 is 0 Å². The van der Waals surface area contributed by atoms with Gasteiger partial charge >= 0.3 is 5.69 Å². The van der Waals surface area contributed by atoms with Gasteiger partial charge in [-0.3, -0.25) is 9.79 Å². The zero-order valence-electron chi connectivity index (χ0n) is 13.9. The van der Waals surface area contributed by atoms with Gasteiger partial charge in [0, 0.05) is 11.1 Å². The molecule has 0 aliphatic carbocycles. The molecule has 6 nitrogen and oxygen atoms in total. The molecular formula is C20H15N3O3. The highest BCUT2D eigenvalue weighted by Crippen LogP contribution is 2.23. The lowest BCUT2D eigenvalue weighted by Crippen LogP contribution is -1.99. The normalized spacial score (nSPS) is 11.4. The molecule has 26 heavy (non-hydrogen) atoms. The van der Waals surface area contributed by atoms with Crippen molar-refractivity contribution in [2.75, 3.05) is 0 Å². The molecule has 2 aromatic carbocycles. The van der Waals surface area contributed by atoms with Gasteiger partial charge in [0.2, 0.25) is 0 Å². The summed E-state index contributed by atoms with van der Waals surface area (Å²) in [6, 6.07) is 16.3. The summed E-state index contributed by atoms with van der Waals surface area (Å²) >= 11 is 0. The van der Waals surface area contributed by atoms with E-state index in [1.807, 2.05) is 30.3 Å². The molecule has 6 heteroatoms. The molecule has 128 valence electrons. The van der Waals surface area contributed by atoms with Crippen LogP contribution in [0, 0.1) is 0 Å². The van der Waals surface area contributed by atoms with Crippen LogP contribution in [0.4, 0.5) is 5.69 Å². The van der Waals surface area contributed by atoms with Gasteiger partial charge in [0.05, 0.1) is 22.9 Å². The number of ketones is 1. The van der Waals surface area contributed by atoms with Gasteiger partial charge in [-0.2, -0.15) is 0 Å². The van der Waals surface area contributed by atoms with Gasteiger partial charge in [-0.25, -0.2) is 4.79 Å². The fourth-order valence-corrected chi connectivity index (χ4v) is 2.69. The SMILES string of the molecule is CC(=O)c1ccc(-c2ccc(C=Nc3ccc4[nH]c(=O)[nH]c4c3)o2)cc1. The van der Waals surface area contributed by atoms with Gasteiger partial charge in [0.1, 0.15) is 11.5 Å². The highest BCUT2D eigenvalue weighted by atomic mass is 16.3. The van der Waals surface area contributed by atoms with Crippen molar-refractivity contribution in [1.29, 1.82) is 0 Å². The number of carbonyl (C=O) groups excluding carboxylic acids is 1. The number of nitrogens with zero attached hydrogens (tertiary/aromatic N) is 1. The minimum atomic E-state index is -0.243. The maximum atomic E-state index is 11.3. The van der Waals surface area contributed by atoms with E-state index in [4.69, 9.17) is 4.42 Å². The standard InChI is InChI=1S/C20H15N3O3/c1-12(24)13-2-4-14(5-3-13)19-9-7-16(26-19)11-21-15-6-8-17-18(10-15)23-20(25)22-17/h2-11H,1H3,(H2,22,23,25). The third kappa shape index (κ3) is 3.12. The quantitative estimate of drug-likeness (QED) is 0.431. The zero-order valence-corrected chi connectivity index (χ0v) is 13.9. The summed E-state index contributed by atoms with van der Waals surface area (Å²) in [5, 5.41) is 0. The lowest BCUT2D eigenvalue weighted by atomic mass is 10.1. The summed E-state index contributed by atoms with van der Waals surface area (Å²) in [7, 11) is 0. The Labute approximate surface area is 148 Å². The first-order chi connectivity index (χ1) is 12.6. The number of nitrogens with one attached hydrogen (secondary N) is 2. The Morgan fingerprint density at radius 3 is 2.54 bits per heavy atom. The van der Waals surface area contributed by atoms with Gasteiger partial charge in [0.25, 0.3) is 0 Å². The van der Waals surface area contributed by atoms with E-state index in [2.05, 4.69) is 15.0 Å². The smallest absolute Gasteiger partial charge is 0.323 e. The number of aromatic nitrogens is 2. The summed E-state index contributed by atoms with van der Waals surface area (Å²) in [5.41, 5.74) is 3.46. The minimum Gasteiger partial charge on any atom is -0.455 e. The summed E-state index contributed by atoms with van der Waals surface area (Å²) in [4.78, 5) is 32.4. The number of benzene rings is 2. The first kappa shape index (κ1) is 15.8. The minimum absolute atomic E-state index is 0.0320. The highest BCUT2D eigenvalue weighted by molar-refractivity contribution is 5.94. The van der Waals surface area contributed by atoms with Gasteiger partial charge in [-0.1, -0.05) is 24.3 Å². The van der Waals surface area contributed by atoms with Crippen LogP contribution in [0.2, 0.25) is 0 Å². The van der Waals surface area contributed by atoms with Crippen LogP contribution in [-0.2, 0) is 0 Å². The highest BCUT2D eigenvalue weighted by Gasteiger charge is 2.05. The molecule has 0 saturated heterocycles. The molecule has 0 unspecified atom stereocenters. The van der Waals surface area contributed by atoms with Gasteiger partial charge in [-0.15, -0.1) is 0 Å². The number of hydrogen-bond donors (Lipinski definition) is 2. The number of carbonyl (C=O) groups is 1. The molecule has 0 amide bonds. The predicted molar refractivity (Wildman–Crippen MR) is 100 cm³/mol. The van der Waals surface area contributed by atoms with Gasteiger partial charge in [0.15, 0.2) is 5.78 Å². The van der Waals surface area contributed by atoms with E-state index < -0.39 is 0 Å². The number of fused-ring (bicyclic) bond motifs is 1. The van der Waals surface area contributed by atoms with Crippen LogP contribution in [-0.4, -0.2) is 22.0 Å². The van der Waals surface area contributed by atoms with Crippen LogP contribution in [0.15, 0.2) is 68.8 Å². The van der Waals surface area contributed by atoms with E-state index in [0.29, 0.717) is 28.3 Å². The average molecular weight is 345 g/mol. The molecule has 0 aliphatic rings. The number of imidazole rings is 1. The molecule has 0 spiro atoms. The maximum Gasteiger partial charge on any atom is 0.323 e. The number of aliphatic imine (C=N–C) groups is 1. The third-order valence-corrected chi connectivity index (χ3v) is 4.04. The second-order valence-electron chi connectivity index (χ2n) is 5.90. The molecule has 2 heterocycles. The first-order valence-electron chi connectivity index (χ1n) is 8.06. The number of rotatable bonds is 4. The summed E-state index contributed by atoms with van der Waals surface area (Å²) < 4.78 is 5.79. The van der Waals surface area contributed by atoms with Crippen molar-refractivity contribution < 1.29 is 9.21 Å². The lowest BCUT2D eigenvalue weighted by Gasteiger charge is -1.98. The zero-order chi connectivity index (χ0) is 18.1. The molecule has 2 aromatic heterocycles. The number of H-pyrrole nitrogens is 2. The Kier molecular flexibility index (Phi) is 3.85. The summed E-state index contributed by atoms with van der Waals surface area (Å²) in [5.74, 6) is 1.34. The van der Waals surface area contributed by atoms with Crippen LogP contribution < -0.4 is 5.69 Å². The van der Waals surface area contributed by atoms with Crippen molar-refractivity contribution in [2.45, 2.75) is 6.92 Å². The van der Waals surface area contributed by atoms with Crippen molar-refractivity contribution >= 4 is 28.7 Å². The second-order valence-corrected chi connectivity index (χ2v) is 5.90. The molecule has 4 rings (SSSR count). The number of hydrogen-bond acceptors (Lipinski definition) is 4. The van der Waals surface area contributed by atoms with E-state index in [-0.39, 0.29) is 11.5 Å². The third-order valence-electron chi connectivity index (χ3n) is 4.04. The van der Waals surface area contributed by atoms with E-state index in [1.54, 1.807) is 30.5 Å². The van der Waals surface area contributed by atoms with Crippen molar-refractivity contribution in [1.82, 2.24) is 9.97 Å². The molecule has 2 N–H and O–H groups in total. The molecule has 4 aromatic rings. The largest absolute Gasteiger partial charge is 0.455 e. The monoisotopic (exact) mass is 345 g/mol. The van der Waals surface area contributed by atoms with Crippen molar-refractivity contribution in [3.63, 3.8) is 0 Å². The van der Waals surface area contributed by atoms with E-state index in [1.165, 1.54) is 6.92 Å². The molecule has 0 atom stereocenters. The van der Waals surface area contributed by atoms with Crippen LogP contribution in [0.1, 0.15) is 23.0 Å². The Morgan fingerprint density at radius 1 is 1.00 bits per heavy atom. The Hall–Kier alpha value is -3.67. The Bertz CT molecular complexity index is 1180. The second kappa shape index (κ2) is 6.33. The molecule has 0 bridgehead atoms. The first-order valence-corrected chi connectivity index (χ1v) is 8.06. The molecule has 0 aliphatic heterocycles. The van der Waals surface area contributed by atoms with Gasteiger partial charge < -0.3 is 14.4 Å². The van der Waals surface area contributed by atoms with Crippen LogP contribution in [0.25, 0.3) is 22.4 Å². The van der Waals surface area contributed by atoms with Crippen LogP contribution in [0.5, 0.6) is 0 Å². The number of furan rings is 1. The van der Waals surface area contributed by atoms with E-state index >= 15 is 0 Å². The molecule has 0 fully saturated rings. The van der Waals surface area contributed by atoms with Crippen molar-refractivity contribution in [2.24, 2.45) is 4.99 Å². The molecule has 0 radical (unpaired) electrons. The topological polar surface area (TPSA) is 91.2 Å². The fourth-order valence-electron chi connectivity index (χ4n) is 2.69. The molecule has 0 saturated carbocycles. The van der Waals surface area contributed by atoms with E-state index in [0.717, 1.165) is 11.1 Å². The summed E-state index contributed by atoms with van der Waals surface area (Å²) in [6.07, 6.45) is 1.62. The number of Topliss-reactive ketones (excluding diaryl/α,β-unsaturated/α-hetero) is 1. The Morgan fingerprint density at radius 2 is 1.77 bits per heavy atom. The van der Waals surface area contributed by atoms with Crippen LogP contribution in [0.3, 0.4) is 0 Å². The van der Waals surface area contributed by atoms with Crippen molar-refractivity contribution in [3.8, 4) is 11.3 Å². The average Bonchev–Trinajstić information content (AvgIpc) is 3.25. The number of aromatic amines is 2. The Balaban J connectivity index is 1.56. The lowest BCUT2D eigenvalue weighted by molar-refractivity contribution is 0.101. The summed E-state index contributed by atoms with van der Waals surface area (Å²) in [6.45, 7) is 1.54.